The van der Waals surface area contributed by atoms with Gasteiger partial charge in [-0.2, -0.15) is 5.26 Å². The van der Waals surface area contributed by atoms with Crippen molar-refractivity contribution in [2.24, 2.45) is 0 Å². The molecule has 4 aromatic rings. The number of nitrogens with one attached hydrogen (secondary N) is 3. The molecular formula is C32H31N5O4S. The van der Waals surface area contributed by atoms with Gasteiger partial charge >= 0.3 is 0 Å². The van der Waals surface area contributed by atoms with Gasteiger partial charge in [0.1, 0.15) is 11.4 Å². The Bertz CT molecular complexity index is 1620. The molecule has 0 radical (unpaired) electrons. The molecular weight excluding hydrogens is 550 g/mol. The molecule has 0 spiro atoms. The van der Waals surface area contributed by atoms with Crippen molar-refractivity contribution < 1.29 is 18.9 Å². The number of rotatable bonds is 11. The van der Waals surface area contributed by atoms with Crippen LogP contribution in [0.15, 0.2) is 95.9 Å². The summed E-state index contributed by atoms with van der Waals surface area (Å²) in [6.45, 7) is 0.784. The molecule has 0 bridgehead atoms. The fraction of sp³-hybridized carbons (Fsp3) is 0.156. The van der Waals surface area contributed by atoms with Crippen LogP contribution < -0.4 is 20.1 Å². The number of nitrogens with zero attached hydrogens (tertiary/aromatic N) is 2. The zero-order chi connectivity index (χ0) is 30.1. The minimum Gasteiger partial charge on any atom is -0.588 e. The lowest BCUT2D eigenvalue weighted by Crippen LogP contribution is -2.29. The lowest BCUT2D eigenvalue weighted by molar-refractivity contribution is 0.0827. The van der Waals surface area contributed by atoms with E-state index in [-0.39, 0.29) is 11.8 Å². The minimum atomic E-state index is -1.66. The fourth-order valence-corrected chi connectivity index (χ4v) is 5.22. The minimum absolute atomic E-state index is 0.101. The number of benzene rings is 4. The first-order valence-electron chi connectivity index (χ1n) is 13.1. The van der Waals surface area contributed by atoms with E-state index in [1.54, 1.807) is 62.6 Å². The molecule has 0 aliphatic heterocycles. The Labute approximate surface area is 248 Å². The Morgan fingerprint density at radius 3 is 2.40 bits per heavy atom. The van der Waals surface area contributed by atoms with Crippen LogP contribution in [0.2, 0.25) is 0 Å². The average Bonchev–Trinajstić information content (AvgIpc) is 3.02. The number of carbonyl (C=O) groups is 2. The van der Waals surface area contributed by atoms with Crippen molar-refractivity contribution in [3.05, 3.63) is 108 Å². The summed E-state index contributed by atoms with van der Waals surface area (Å²) in [5, 5.41) is 15.2. The standard InChI is InChI=1S/C32H31N5O4S/c1-37(2)32(39)24-10-6-9-22(18-24)23-14-15-29(41-3)30(19-23)42(40)36-27-12-7-11-26(20-27)34-16-17-35-31(38)28-13-5-4-8-25(28)21-33/h4-15,18-20,34,36H,16-17H2,1-3H3,(H,35,38). The SMILES string of the molecule is COc1ccc(-c2cccc(C(=O)N(C)C)c2)cc1[S+]([O-])Nc1cccc(NCCNC(=O)c2ccccc2C#N)c1. The Balaban J connectivity index is 1.41. The normalized spacial score (nSPS) is 11.1. The topological polar surface area (TPSA) is 130 Å². The molecule has 0 fully saturated rings. The smallest absolute Gasteiger partial charge is 0.253 e. The van der Waals surface area contributed by atoms with Crippen LogP contribution >= 0.6 is 0 Å². The second-order valence-electron chi connectivity index (χ2n) is 9.44. The van der Waals surface area contributed by atoms with Gasteiger partial charge in [0.25, 0.3) is 11.8 Å². The summed E-state index contributed by atoms with van der Waals surface area (Å²) >= 11 is -1.66. The first-order valence-corrected chi connectivity index (χ1v) is 14.3. The molecule has 3 N–H and O–H groups in total. The summed E-state index contributed by atoms with van der Waals surface area (Å²) in [6.07, 6.45) is 0. The number of carbonyl (C=O) groups excluding carboxylic acids is 2. The lowest BCUT2D eigenvalue weighted by Gasteiger charge is -2.16. The molecule has 0 saturated carbocycles. The molecule has 9 nitrogen and oxygen atoms in total. The van der Waals surface area contributed by atoms with Crippen molar-refractivity contribution in [3.63, 3.8) is 0 Å². The van der Waals surface area contributed by atoms with E-state index >= 15 is 0 Å². The van der Waals surface area contributed by atoms with E-state index in [0.29, 0.717) is 46.1 Å². The highest BCUT2D eigenvalue weighted by Gasteiger charge is 2.20. The van der Waals surface area contributed by atoms with Crippen LogP contribution in [0.1, 0.15) is 26.3 Å². The molecule has 10 heteroatoms. The van der Waals surface area contributed by atoms with E-state index < -0.39 is 11.4 Å². The van der Waals surface area contributed by atoms with Gasteiger partial charge in [-0.15, -0.1) is 0 Å². The fourth-order valence-electron chi connectivity index (χ4n) is 4.20. The Kier molecular flexibility index (Phi) is 10.1. The number of amides is 2. The third kappa shape index (κ3) is 7.40. The highest BCUT2D eigenvalue weighted by Crippen LogP contribution is 2.32. The zero-order valence-corrected chi connectivity index (χ0v) is 24.3. The number of hydrogen-bond donors (Lipinski definition) is 3. The van der Waals surface area contributed by atoms with Crippen LogP contribution in [0.3, 0.4) is 0 Å². The third-order valence-corrected chi connectivity index (χ3v) is 7.46. The summed E-state index contributed by atoms with van der Waals surface area (Å²) in [7, 11) is 4.93. The van der Waals surface area contributed by atoms with Crippen molar-refractivity contribution in [2.75, 3.05) is 44.3 Å². The maximum Gasteiger partial charge on any atom is 0.253 e. The van der Waals surface area contributed by atoms with E-state index in [1.165, 1.54) is 12.0 Å². The maximum atomic E-state index is 13.4. The predicted molar refractivity (Wildman–Crippen MR) is 165 cm³/mol. The van der Waals surface area contributed by atoms with Crippen LogP contribution in [-0.2, 0) is 11.4 Å². The number of anilines is 2. The number of ether oxygens (including phenoxy) is 1. The van der Waals surface area contributed by atoms with Gasteiger partial charge < -0.3 is 24.8 Å². The van der Waals surface area contributed by atoms with Gasteiger partial charge in [0.2, 0.25) is 4.90 Å². The van der Waals surface area contributed by atoms with Crippen molar-refractivity contribution in [1.82, 2.24) is 10.2 Å². The molecule has 214 valence electrons. The van der Waals surface area contributed by atoms with Gasteiger partial charge in [-0.25, -0.2) is 4.72 Å². The van der Waals surface area contributed by atoms with Crippen LogP contribution in [0, 0.1) is 11.3 Å². The van der Waals surface area contributed by atoms with E-state index in [0.717, 1.165) is 16.8 Å². The van der Waals surface area contributed by atoms with Crippen LogP contribution in [0.4, 0.5) is 11.4 Å². The first-order chi connectivity index (χ1) is 20.3. The molecule has 0 saturated heterocycles. The van der Waals surface area contributed by atoms with Crippen molar-refractivity contribution in [3.8, 4) is 22.9 Å². The number of hydrogen-bond acceptors (Lipinski definition) is 7. The molecule has 0 aliphatic rings. The summed E-state index contributed by atoms with van der Waals surface area (Å²) in [5.74, 6) is 0.0519. The van der Waals surface area contributed by atoms with Gasteiger partial charge in [0.05, 0.1) is 30.0 Å². The van der Waals surface area contributed by atoms with Gasteiger partial charge in [0.15, 0.2) is 5.75 Å². The molecule has 0 heterocycles. The van der Waals surface area contributed by atoms with E-state index in [9.17, 15) is 19.4 Å². The van der Waals surface area contributed by atoms with E-state index in [2.05, 4.69) is 15.4 Å². The molecule has 42 heavy (non-hydrogen) atoms. The molecule has 4 aromatic carbocycles. The van der Waals surface area contributed by atoms with E-state index in [4.69, 9.17) is 4.74 Å². The summed E-state index contributed by atoms with van der Waals surface area (Å²) < 4.78 is 22.0. The highest BCUT2D eigenvalue weighted by molar-refractivity contribution is 7.92. The Morgan fingerprint density at radius 1 is 0.905 bits per heavy atom. The van der Waals surface area contributed by atoms with Crippen LogP contribution in [0.5, 0.6) is 5.75 Å². The largest absolute Gasteiger partial charge is 0.588 e. The van der Waals surface area contributed by atoms with Gasteiger partial charge in [0, 0.05) is 44.5 Å². The molecule has 0 aliphatic carbocycles. The van der Waals surface area contributed by atoms with Gasteiger partial charge in [-0.3, -0.25) is 9.59 Å². The number of nitriles is 1. The number of methoxy groups -OCH3 is 1. The Morgan fingerprint density at radius 2 is 1.64 bits per heavy atom. The van der Waals surface area contributed by atoms with Crippen molar-refractivity contribution in [2.45, 2.75) is 4.90 Å². The second kappa shape index (κ2) is 14.1. The highest BCUT2D eigenvalue weighted by atomic mass is 32.2. The third-order valence-electron chi connectivity index (χ3n) is 6.32. The van der Waals surface area contributed by atoms with Gasteiger partial charge in [-0.05, 0) is 59.7 Å². The van der Waals surface area contributed by atoms with Crippen molar-refractivity contribution in [1.29, 1.82) is 5.26 Å². The second-order valence-corrected chi connectivity index (χ2v) is 10.6. The van der Waals surface area contributed by atoms with E-state index in [1.807, 2.05) is 48.5 Å². The first kappa shape index (κ1) is 30.0. The molecule has 1 unspecified atom stereocenters. The van der Waals surface area contributed by atoms with Gasteiger partial charge in [-0.1, -0.05) is 36.4 Å². The molecule has 0 aromatic heterocycles. The quantitative estimate of drug-likeness (QED) is 0.169. The zero-order valence-electron chi connectivity index (χ0n) is 23.5. The monoisotopic (exact) mass is 581 g/mol. The Hall–Kier alpha value is -4.98. The maximum absolute atomic E-state index is 13.4. The van der Waals surface area contributed by atoms with Crippen LogP contribution in [0.25, 0.3) is 11.1 Å². The predicted octanol–water partition coefficient (Wildman–Crippen LogP) is 4.91. The van der Waals surface area contributed by atoms with Crippen LogP contribution in [-0.4, -0.2) is 55.6 Å². The average molecular weight is 582 g/mol. The summed E-state index contributed by atoms with van der Waals surface area (Å²) in [4.78, 5) is 26.8. The molecule has 2 amide bonds. The molecule has 4 rings (SSSR count). The summed E-state index contributed by atoms with van der Waals surface area (Å²) in [6, 6.07) is 28.7. The summed E-state index contributed by atoms with van der Waals surface area (Å²) in [5.41, 5.74) is 4.23. The van der Waals surface area contributed by atoms with Crippen molar-refractivity contribution >= 4 is 34.6 Å². The molecule has 1 atom stereocenters. The lowest BCUT2D eigenvalue weighted by atomic mass is 10.0.